The van der Waals surface area contributed by atoms with E-state index in [1.165, 1.54) is 0 Å². The highest BCUT2D eigenvalue weighted by molar-refractivity contribution is 5.98. The van der Waals surface area contributed by atoms with E-state index in [1.807, 2.05) is 49.4 Å². The normalized spacial score (nSPS) is 19.2. The maximum Gasteiger partial charge on any atom is 0.243 e. The number of rotatable bonds is 6. The van der Waals surface area contributed by atoms with E-state index < -0.39 is 6.04 Å². The molecule has 0 bridgehead atoms. The third-order valence-electron chi connectivity index (χ3n) is 6.15. The first-order valence-electron chi connectivity index (χ1n) is 11.3. The summed E-state index contributed by atoms with van der Waals surface area (Å²) in [6.45, 7) is 5.99. The van der Waals surface area contributed by atoms with Crippen LogP contribution in [0.5, 0.6) is 0 Å². The minimum absolute atomic E-state index is 0.0701. The first-order chi connectivity index (χ1) is 16.0. The zero-order valence-corrected chi connectivity index (χ0v) is 18.9. The van der Waals surface area contributed by atoms with Crippen molar-refractivity contribution in [2.24, 2.45) is 0 Å². The number of amides is 3. The number of anilines is 2. The highest BCUT2D eigenvalue weighted by Gasteiger charge is 2.35. The molecule has 1 aromatic carbocycles. The zero-order chi connectivity index (χ0) is 23.2. The van der Waals surface area contributed by atoms with E-state index in [2.05, 4.69) is 25.4 Å². The van der Waals surface area contributed by atoms with Crippen LogP contribution in [-0.2, 0) is 14.4 Å². The first-order valence-corrected chi connectivity index (χ1v) is 11.3. The van der Waals surface area contributed by atoms with Crippen LogP contribution in [0.4, 0.5) is 11.5 Å². The van der Waals surface area contributed by atoms with E-state index in [1.54, 1.807) is 11.1 Å². The number of aryl methyl sites for hydroxylation is 1. The van der Waals surface area contributed by atoms with Gasteiger partial charge in [0.15, 0.2) is 0 Å². The Balaban J connectivity index is 1.33. The standard InChI is InChI=1S/C24H30N6O3/c1-18-6-2-3-7-19(18)27-22(31)16-20-24(33)26-10-11-30(20)23(32)17-28-12-14-29(15-13-28)21-8-4-5-9-25-21/h2-9,20H,10-17H2,1H3,(H,26,33)(H,27,31)/t20-/m1/s1. The quantitative estimate of drug-likeness (QED) is 0.678. The number of aromatic nitrogens is 1. The van der Waals surface area contributed by atoms with Gasteiger partial charge in [0.25, 0.3) is 0 Å². The number of hydrogen-bond donors (Lipinski definition) is 2. The Morgan fingerprint density at radius 1 is 1.06 bits per heavy atom. The predicted molar refractivity (Wildman–Crippen MR) is 126 cm³/mol. The Kier molecular flexibility index (Phi) is 7.19. The van der Waals surface area contributed by atoms with Crippen LogP contribution >= 0.6 is 0 Å². The van der Waals surface area contributed by atoms with Crippen LogP contribution in [0, 0.1) is 6.92 Å². The molecule has 0 spiro atoms. The second-order valence-corrected chi connectivity index (χ2v) is 8.41. The van der Waals surface area contributed by atoms with E-state index in [9.17, 15) is 14.4 Å². The molecule has 1 atom stereocenters. The number of carbonyl (C=O) groups excluding carboxylic acids is 3. The monoisotopic (exact) mass is 450 g/mol. The third-order valence-corrected chi connectivity index (χ3v) is 6.15. The summed E-state index contributed by atoms with van der Waals surface area (Å²) in [5.74, 6) is 0.253. The summed E-state index contributed by atoms with van der Waals surface area (Å²) in [4.78, 5) is 48.6. The molecule has 4 rings (SSSR count). The molecule has 2 saturated heterocycles. The molecule has 9 nitrogen and oxygen atoms in total. The van der Waals surface area contributed by atoms with Gasteiger partial charge in [-0.1, -0.05) is 24.3 Å². The van der Waals surface area contributed by atoms with Gasteiger partial charge in [0.2, 0.25) is 17.7 Å². The molecule has 0 radical (unpaired) electrons. The lowest BCUT2D eigenvalue weighted by molar-refractivity contribution is -0.145. The van der Waals surface area contributed by atoms with E-state index in [0.29, 0.717) is 18.8 Å². The Hall–Kier alpha value is -3.46. The number of piperazine rings is 2. The third kappa shape index (κ3) is 5.67. The van der Waals surface area contributed by atoms with Crippen molar-refractivity contribution < 1.29 is 14.4 Å². The molecule has 0 aliphatic carbocycles. The highest BCUT2D eigenvalue weighted by Crippen LogP contribution is 2.17. The lowest BCUT2D eigenvalue weighted by Crippen LogP contribution is -2.60. The number of carbonyl (C=O) groups is 3. The molecule has 2 aromatic rings. The van der Waals surface area contributed by atoms with E-state index >= 15 is 0 Å². The number of para-hydroxylation sites is 1. The summed E-state index contributed by atoms with van der Waals surface area (Å²) in [5.41, 5.74) is 1.65. The summed E-state index contributed by atoms with van der Waals surface area (Å²) in [7, 11) is 0. The summed E-state index contributed by atoms with van der Waals surface area (Å²) in [5, 5.41) is 5.65. The molecule has 9 heteroatoms. The van der Waals surface area contributed by atoms with Gasteiger partial charge in [-0.3, -0.25) is 19.3 Å². The topological polar surface area (TPSA) is 97.9 Å². The molecule has 2 aliphatic rings. The fourth-order valence-corrected chi connectivity index (χ4v) is 4.26. The van der Waals surface area contributed by atoms with Crippen LogP contribution in [0.2, 0.25) is 0 Å². The first kappa shape index (κ1) is 22.7. The molecule has 2 fully saturated rings. The van der Waals surface area contributed by atoms with Crippen LogP contribution in [0.3, 0.4) is 0 Å². The Morgan fingerprint density at radius 3 is 2.55 bits per heavy atom. The average Bonchev–Trinajstić information content (AvgIpc) is 2.83. The molecule has 3 amide bonds. The van der Waals surface area contributed by atoms with Crippen LogP contribution in [-0.4, -0.2) is 84.4 Å². The molecule has 3 heterocycles. The van der Waals surface area contributed by atoms with Crippen molar-refractivity contribution in [3.8, 4) is 0 Å². The fraction of sp³-hybridized carbons (Fsp3) is 0.417. The Bertz CT molecular complexity index is 991. The highest BCUT2D eigenvalue weighted by atomic mass is 16.2. The molecular weight excluding hydrogens is 420 g/mol. The van der Waals surface area contributed by atoms with Crippen molar-refractivity contribution in [1.29, 1.82) is 0 Å². The van der Waals surface area contributed by atoms with Crippen molar-refractivity contribution in [2.45, 2.75) is 19.4 Å². The van der Waals surface area contributed by atoms with Crippen LogP contribution < -0.4 is 15.5 Å². The van der Waals surface area contributed by atoms with Gasteiger partial charge in [-0.15, -0.1) is 0 Å². The number of hydrogen-bond acceptors (Lipinski definition) is 6. The fourth-order valence-electron chi connectivity index (χ4n) is 4.26. The van der Waals surface area contributed by atoms with E-state index in [0.717, 1.165) is 37.6 Å². The van der Waals surface area contributed by atoms with Gasteiger partial charge in [-0.2, -0.15) is 0 Å². The van der Waals surface area contributed by atoms with E-state index in [-0.39, 0.29) is 30.7 Å². The van der Waals surface area contributed by atoms with Gasteiger partial charge in [0.05, 0.1) is 13.0 Å². The van der Waals surface area contributed by atoms with Gasteiger partial charge in [0, 0.05) is 51.2 Å². The van der Waals surface area contributed by atoms with Crippen molar-refractivity contribution in [3.63, 3.8) is 0 Å². The van der Waals surface area contributed by atoms with E-state index in [4.69, 9.17) is 0 Å². The van der Waals surface area contributed by atoms with Crippen LogP contribution in [0.25, 0.3) is 0 Å². The van der Waals surface area contributed by atoms with Gasteiger partial charge in [-0.25, -0.2) is 4.98 Å². The minimum atomic E-state index is -0.801. The van der Waals surface area contributed by atoms with Gasteiger partial charge < -0.3 is 20.4 Å². The number of nitrogens with one attached hydrogen (secondary N) is 2. The summed E-state index contributed by atoms with van der Waals surface area (Å²) >= 11 is 0. The predicted octanol–water partition coefficient (Wildman–Crippen LogP) is 0.868. The van der Waals surface area contributed by atoms with Crippen molar-refractivity contribution in [3.05, 3.63) is 54.2 Å². The molecule has 1 aromatic heterocycles. The number of nitrogens with zero attached hydrogens (tertiary/aromatic N) is 4. The number of benzene rings is 1. The molecular formula is C24H30N6O3. The molecule has 174 valence electrons. The van der Waals surface area contributed by atoms with Crippen molar-refractivity contribution >= 4 is 29.2 Å². The lowest BCUT2D eigenvalue weighted by atomic mass is 10.1. The Morgan fingerprint density at radius 2 is 1.82 bits per heavy atom. The van der Waals surface area contributed by atoms with Gasteiger partial charge in [0.1, 0.15) is 11.9 Å². The Labute approximate surface area is 193 Å². The van der Waals surface area contributed by atoms with Crippen molar-refractivity contribution in [1.82, 2.24) is 20.1 Å². The number of pyridine rings is 1. The summed E-state index contributed by atoms with van der Waals surface area (Å²) < 4.78 is 0. The smallest absolute Gasteiger partial charge is 0.243 e. The molecule has 33 heavy (non-hydrogen) atoms. The average molecular weight is 451 g/mol. The molecule has 2 N–H and O–H groups in total. The SMILES string of the molecule is Cc1ccccc1NC(=O)C[C@@H]1C(=O)NCCN1C(=O)CN1CCN(c2ccccn2)CC1. The zero-order valence-electron chi connectivity index (χ0n) is 18.9. The molecule has 2 aliphatic heterocycles. The largest absolute Gasteiger partial charge is 0.354 e. The maximum absolute atomic E-state index is 13.1. The second kappa shape index (κ2) is 10.4. The summed E-state index contributed by atoms with van der Waals surface area (Å²) in [6, 6.07) is 12.5. The minimum Gasteiger partial charge on any atom is -0.354 e. The van der Waals surface area contributed by atoms with Gasteiger partial charge in [-0.05, 0) is 30.7 Å². The second-order valence-electron chi connectivity index (χ2n) is 8.41. The molecule has 0 saturated carbocycles. The van der Waals surface area contributed by atoms with Crippen LogP contribution in [0.15, 0.2) is 48.7 Å². The lowest BCUT2D eigenvalue weighted by Gasteiger charge is -2.38. The molecule has 0 unspecified atom stereocenters. The van der Waals surface area contributed by atoms with Gasteiger partial charge >= 0.3 is 0 Å². The summed E-state index contributed by atoms with van der Waals surface area (Å²) in [6.07, 6.45) is 1.71. The van der Waals surface area contributed by atoms with Crippen molar-refractivity contribution in [2.75, 3.05) is 56.0 Å². The van der Waals surface area contributed by atoms with Crippen LogP contribution in [0.1, 0.15) is 12.0 Å². The maximum atomic E-state index is 13.1.